The summed E-state index contributed by atoms with van der Waals surface area (Å²) in [6.07, 6.45) is 1.00. The molecule has 0 saturated carbocycles. The summed E-state index contributed by atoms with van der Waals surface area (Å²) in [6, 6.07) is 21.0. The monoisotopic (exact) mass is 561 g/mol. The Morgan fingerprint density at radius 1 is 1.03 bits per heavy atom. The highest BCUT2D eigenvalue weighted by Crippen LogP contribution is 2.13. The smallest absolute Gasteiger partial charge is 0.191 e. The number of rotatable bonds is 10. The van der Waals surface area contributed by atoms with E-state index in [1.807, 2.05) is 30.7 Å². The second-order valence-corrected chi connectivity index (χ2v) is 8.12. The highest BCUT2D eigenvalue weighted by atomic mass is 127. The van der Waals surface area contributed by atoms with Crippen molar-refractivity contribution in [1.82, 2.24) is 25.4 Å². The van der Waals surface area contributed by atoms with E-state index in [-0.39, 0.29) is 24.0 Å². The molecule has 0 fully saturated rings. The van der Waals surface area contributed by atoms with Gasteiger partial charge in [0.2, 0.25) is 0 Å². The van der Waals surface area contributed by atoms with Gasteiger partial charge in [-0.3, -0.25) is 0 Å². The van der Waals surface area contributed by atoms with Crippen LogP contribution in [0.5, 0.6) is 0 Å². The summed E-state index contributed by atoms with van der Waals surface area (Å²) >= 11 is 0. The second-order valence-electron chi connectivity index (χ2n) is 8.12. The molecule has 1 aromatic heterocycles. The van der Waals surface area contributed by atoms with Gasteiger partial charge in [0.15, 0.2) is 11.8 Å². The maximum absolute atomic E-state index is 4.77. The summed E-state index contributed by atoms with van der Waals surface area (Å²) in [5, 5.41) is 15.3. The zero-order chi connectivity index (χ0) is 22.8. The van der Waals surface area contributed by atoms with Crippen LogP contribution >= 0.6 is 24.0 Å². The van der Waals surface area contributed by atoms with Crippen molar-refractivity contribution in [2.45, 2.75) is 32.7 Å². The molecule has 0 spiro atoms. The first-order valence-electron chi connectivity index (χ1n) is 11.2. The highest BCUT2D eigenvalue weighted by molar-refractivity contribution is 14.0. The lowest BCUT2D eigenvalue weighted by molar-refractivity contribution is 0.679. The van der Waals surface area contributed by atoms with Gasteiger partial charge in [0.1, 0.15) is 12.4 Å². The lowest BCUT2D eigenvalue weighted by Gasteiger charge is -2.20. The molecule has 1 heterocycles. The van der Waals surface area contributed by atoms with Crippen LogP contribution in [0.15, 0.2) is 65.7 Å². The SMILES string of the molecule is Cc1nnc(CN=C(NCCCN(C)c2ccccc2)NCC(C)c2ccccc2)n1C.I. The fraction of sp³-hybridized carbons (Fsp3) is 0.400. The van der Waals surface area contributed by atoms with Crippen LogP contribution in [0.25, 0.3) is 0 Å². The van der Waals surface area contributed by atoms with E-state index >= 15 is 0 Å². The zero-order valence-electron chi connectivity index (χ0n) is 20.0. The fourth-order valence-electron chi connectivity index (χ4n) is 3.40. The molecule has 7 nitrogen and oxygen atoms in total. The molecule has 0 aliphatic carbocycles. The van der Waals surface area contributed by atoms with E-state index in [0.29, 0.717) is 12.5 Å². The third-order valence-electron chi connectivity index (χ3n) is 5.67. The van der Waals surface area contributed by atoms with E-state index in [2.05, 4.69) is 88.2 Å². The Hall–Kier alpha value is -2.62. The lowest BCUT2D eigenvalue weighted by Crippen LogP contribution is -2.40. The number of para-hydroxylation sites is 1. The van der Waals surface area contributed by atoms with Gasteiger partial charge in [0.25, 0.3) is 0 Å². The fourth-order valence-corrected chi connectivity index (χ4v) is 3.40. The van der Waals surface area contributed by atoms with Gasteiger partial charge >= 0.3 is 0 Å². The Morgan fingerprint density at radius 3 is 2.33 bits per heavy atom. The first kappa shape index (κ1) is 26.6. The standard InChI is InChI=1S/C25H35N7.HI/c1-20(22-12-7-5-8-13-22)18-27-25(28-19-24-30-29-21(2)32(24)4)26-16-11-17-31(3)23-14-9-6-10-15-23;/h5-10,12-15,20H,11,16-19H2,1-4H3,(H2,26,27,28);1H. The third-order valence-corrected chi connectivity index (χ3v) is 5.67. The number of aliphatic imine (C=N–C) groups is 1. The number of aryl methyl sites for hydroxylation is 1. The first-order chi connectivity index (χ1) is 15.5. The molecule has 0 bridgehead atoms. The zero-order valence-corrected chi connectivity index (χ0v) is 22.4. The molecular formula is C25H36IN7. The predicted molar refractivity (Wildman–Crippen MR) is 147 cm³/mol. The minimum atomic E-state index is 0. The highest BCUT2D eigenvalue weighted by Gasteiger charge is 2.09. The van der Waals surface area contributed by atoms with Gasteiger partial charge < -0.3 is 20.1 Å². The average Bonchev–Trinajstić information content (AvgIpc) is 3.16. The van der Waals surface area contributed by atoms with Crippen LogP contribution in [0.4, 0.5) is 5.69 Å². The van der Waals surface area contributed by atoms with Crippen molar-refractivity contribution < 1.29 is 0 Å². The van der Waals surface area contributed by atoms with Crippen molar-refractivity contribution in [1.29, 1.82) is 0 Å². The van der Waals surface area contributed by atoms with Crippen molar-refractivity contribution in [3.8, 4) is 0 Å². The second kappa shape index (κ2) is 13.8. The molecule has 0 aliphatic heterocycles. The van der Waals surface area contributed by atoms with Gasteiger partial charge in [-0.2, -0.15) is 0 Å². The van der Waals surface area contributed by atoms with Crippen LogP contribution in [0.1, 0.15) is 36.5 Å². The van der Waals surface area contributed by atoms with E-state index in [1.165, 1.54) is 11.3 Å². The number of nitrogens with one attached hydrogen (secondary N) is 2. The van der Waals surface area contributed by atoms with Crippen LogP contribution in [0, 0.1) is 6.92 Å². The van der Waals surface area contributed by atoms with E-state index in [4.69, 9.17) is 4.99 Å². The van der Waals surface area contributed by atoms with Crippen molar-refractivity contribution >= 4 is 35.6 Å². The number of halogens is 1. The number of hydrogen-bond acceptors (Lipinski definition) is 4. The summed E-state index contributed by atoms with van der Waals surface area (Å²) in [5.74, 6) is 2.92. The maximum Gasteiger partial charge on any atom is 0.191 e. The van der Waals surface area contributed by atoms with Gasteiger partial charge in [-0.1, -0.05) is 55.5 Å². The maximum atomic E-state index is 4.77. The van der Waals surface area contributed by atoms with Gasteiger partial charge in [-0.05, 0) is 37.0 Å². The lowest BCUT2D eigenvalue weighted by atomic mass is 10.0. The van der Waals surface area contributed by atoms with Crippen molar-refractivity contribution in [2.75, 3.05) is 31.6 Å². The molecule has 33 heavy (non-hydrogen) atoms. The minimum absolute atomic E-state index is 0. The Morgan fingerprint density at radius 2 is 1.70 bits per heavy atom. The summed E-state index contributed by atoms with van der Waals surface area (Å²) < 4.78 is 1.97. The molecule has 3 rings (SSSR count). The Balaban J connectivity index is 0.00000385. The molecule has 2 N–H and O–H groups in total. The van der Waals surface area contributed by atoms with Gasteiger partial charge in [0, 0.05) is 39.4 Å². The molecule has 2 aromatic carbocycles. The normalized spacial score (nSPS) is 12.1. The van der Waals surface area contributed by atoms with Gasteiger partial charge in [-0.15, -0.1) is 34.2 Å². The molecular weight excluding hydrogens is 525 g/mol. The van der Waals surface area contributed by atoms with E-state index in [0.717, 1.165) is 43.7 Å². The van der Waals surface area contributed by atoms with Crippen LogP contribution in [-0.2, 0) is 13.6 Å². The minimum Gasteiger partial charge on any atom is -0.375 e. The number of aromatic nitrogens is 3. The number of nitrogens with zero attached hydrogens (tertiary/aromatic N) is 5. The molecule has 0 saturated heterocycles. The van der Waals surface area contributed by atoms with Crippen molar-refractivity contribution in [3.05, 3.63) is 77.9 Å². The Kier molecular flexibility index (Phi) is 11.2. The first-order valence-corrected chi connectivity index (χ1v) is 11.2. The van der Waals surface area contributed by atoms with E-state index in [9.17, 15) is 0 Å². The number of hydrogen-bond donors (Lipinski definition) is 2. The number of guanidine groups is 1. The van der Waals surface area contributed by atoms with Crippen molar-refractivity contribution in [2.24, 2.45) is 12.0 Å². The molecule has 8 heteroatoms. The number of benzene rings is 2. The largest absolute Gasteiger partial charge is 0.375 e. The summed E-state index contributed by atoms with van der Waals surface area (Å²) in [7, 11) is 4.10. The molecule has 1 unspecified atom stereocenters. The van der Waals surface area contributed by atoms with Gasteiger partial charge in [0.05, 0.1) is 0 Å². The molecule has 3 aromatic rings. The third kappa shape index (κ3) is 8.34. The van der Waals surface area contributed by atoms with Crippen LogP contribution in [0.3, 0.4) is 0 Å². The van der Waals surface area contributed by atoms with Crippen LogP contribution in [-0.4, -0.2) is 47.4 Å². The number of anilines is 1. The Labute approximate surface area is 214 Å². The van der Waals surface area contributed by atoms with Crippen molar-refractivity contribution in [3.63, 3.8) is 0 Å². The topological polar surface area (TPSA) is 70.4 Å². The summed E-state index contributed by atoms with van der Waals surface area (Å²) in [4.78, 5) is 7.04. The molecule has 0 radical (unpaired) electrons. The van der Waals surface area contributed by atoms with E-state index in [1.54, 1.807) is 0 Å². The summed E-state index contributed by atoms with van der Waals surface area (Å²) in [5.41, 5.74) is 2.54. The molecule has 0 aliphatic rings. The quantitative estimate of drug-likeness (QED) is 0.169. The summed E-state index contributed by atoms with van der Waals surface area (Å²) in [6.45, 7) is 7.25. The molecule has 0 amide bonds. The van der Waals surface area contributed by atoms with Crippen LogP contribution < -0.4 is 15.5 Å². The molecule has 1 atom stereocenters. The average molecular weight is 562 g/mol. The van der Waals surface area contributed by atoms with E-state index < -0.39 is 0 Å². The predicted octanol–water partition coefficient (Wildman–Crippen LogP) is 4.11. The molecule has 178 valence electrons. The van der Waals surface area contributed by atoms with Crippen LogP contribution in [0.2, 0.25) is 0 Å². The Bertz CT molecular complexity index is 973. The van der Waals surface area contributed by atoms with Gasteiger partial charge in [-0.25, -0.2) is 4.99 Å².